The van der Waals surface area contributed by atoms with Gasteiger partial charge >= 0.3 is 0 Å². The van der Waals surface area contributed by atoms with Gasteiger partial charge in [-0.2, -0.15) is 0 Å². The molecule has 0 aromatic carbocycles. The van der Waals surface area contributed by atoms with Crippen molar-refractivity contribution in [2.75, 3.05) is 47.5 Å². The molecule has 0 aliphatic heterocycles. The molecular formula is C43H77N2O7P. The van der Waals surface area contributed by atoms with Gasteiger partial charge in [0.2, 0.25) is 5.91 Å². The van der Waals surface area contributed by atoms with Crippen molar-refractivity contribution in [2.24, 2.45) is 0 Å². The molecule has 0 aliphatic rings. The SMILES string of the molecule is CCC/C=C\CCCCCCCC/C=C/[C@@H](O)[C@H](COP(=O)([O-])OCC[N+](C)(C)C)NC(=O)CCC/C=C\C/C=C\C/C=C\C/C=C\CCCCCO. The Morgan fingerprint density at radius 3 is 1.72 bits per heavy atom. The number of phosphoric ester groups is 1. The predicted octanol–water partition coefficient (Wildman–Crippen LogP) is 9.19. The lowest BCUT2D eigenvalue weighted by molar-refractivity contribution is -0.870. The molecule has 3 atom stereocenters. The van der Waals surface area contributed by atoms with Crippen LogP contribution in [0.4, 0.5) is 0 Å². The fourth-order valence-electron chi connectivity index (χ4n) is 5.12. The number of nitrogens with zero attached hydrogens (tertiary/aromatic N) is 1. The number of unbranched alkanes of at least 4 members (excludes halogenated alkanes) is 12. The fraction of sp³-hybridized carbons (Fsp3) is 0.698. The number of hydrogen-bond donors (Lipinski definition) is 3. The third-order valence-electron chi connectivity index (χ3n) is 8.42. The Balaban J connectivity index is 4.61. The second kappa shape index (κ2) is 35.6. The Kier molecular flexibility index (Phi) is 34.2. The smallest absolute Gasteiger partial charge is 0.268 e. The summed E-state index contributed by atoms with van der Waals surface area (Å²) in [5, 5.41) is 22.5. The Morgan fingerprint density at radius 1 is 0.698 bits per heavy atom. The quantitative estimate of drug-likeness (QED) is 0.0251. The Bertz CT molecular complexity index is 1090. The monoisotopic (exact) mass is 765 g/mol. The van der Waals surface area contributed by atoms with Crippen LogP contribution in [0.15, 0.2) is 72.9 Å². The molecule has 0 fully saturated rings. The van der Waals surface area contributed by atoms with Crippen molar-refractivity contribution in [3.05, 3.63) is 72.9 Å². The van der Waals surface area contributed by atoms with Crippen molar-refractivity contribution in [2.45, 2.75) is 147 Å². The molecule has 0 heterocycles. The van der Waals surface area contributed by atoms with Gasteiger partial charge in [-0.05, 0) is 83.5 Å². The molecule has 0 saturated heterocycles. The topological polar surface area (TPSA) is 128 Å². The highest BCUT2D eigenvalue weighted by Gasteiger charge is 2.23. The minimum absolute atomic E-state index is 0.0217. The van der Waals surface area contributed by atoms with Crippen LogP contribution in [0.25, 0.3) is 0 Å². The molecule has 0 rings (SSSR count). The van der Waals surface area contributed by atoms with Crippen molar-refractivity contribution in [1.82, 2.24) is 5.32 Å². The van der Waals surface area contributed by atoms with Crippen LogP contribution in [0.1, 0.15) is 135 Å². The summed E-state index contributed by atoms with van der Waals surface area (Å²) in [5.41, 5.74) is 0. The lowest BCUT2D eigenvalue weighted by atomic mass is 10.1. The standard InChI is InChI=1S/C43H77N2O7P/c1-5-6-7-8-9-10-11-17-20-23-26-29-32-35-42(47)41(40-52-53(49,50)51-39-37-45(2,3)4)44-43(48)36-33-30-27-24-21-18-15-13-12-14-16-19-22-25-28-31-34-38-46/h7-8,12,14-15,18-19,22,24,27,32,35,41-42,46-47H,5-6,9-11,13,16-17,20-21,23,25-26,28-31,33-34,36-40H2,1-4H3,(H-,44,48,49,50)/b8-7-,14-12-,18-15-,22-19-,27-24-,35-32+/t41-,42+/m0/s1. The van der Waals surface area contributed by atoms with E-state index in [4.69, 9.17) is 14.2 Å². The van der Waals surface area contributed by atoms with Gasteiger partial charge < -0.3 is 34.0 Å². The molecule has 1 unspecified atom stereocenters. The summed E-state index contributed by atoms with van der Waals surface area (Å²) in [7, 11) is 1.19. The van der Waals surface area contributed by atoms with Gasteiger partial charge in [-0.1, -0.05) is 118 Å². The number of rotatable bonds is 36. The third kappa shape index (κ3) is 38.0. The number of nitrogens with one attached hydrogen (secondary N) is 1. The van der Waals surface area contributed by atoms with Crippen LogP contribution >= 0.6 is 7.82 Å². The number of quaternary nitrogens is 1. The zero-order valence-electron chi connectivity index (χ0n) is 33.9. The maximum Gasteiger partial charge on any atom is 0.268 e. The van der Waals surface area contributed by atoms with Gasteiger partial charge in [0, 0.05) is 13.0 Å². The van der Waals surface area contributed by atoms with Gasteiger partial charge in [0.1, 0.15) is 13.2 Å². The highest BCUT2D eigenvalue weighted by molar-refractivity contribution is 7.45. The number of aliphatic hydroxyl groups excluding tert-OH is 2. The van der Waals surface area contributed by atoms with E-state index < -0.39 is 26.6 Å². The van der Waals surface area contributed by atoms with Gasteiger partial charge in [0.15, 0.2) is 0 Å². The molecule has 3 N–H and O–H groups in total. The number of carbonyl (C=O) groups is 1. The highest BCUT2D eigenvalue weighted by Crippen LogP contribution is 2.38. The first kappa shape index (κ1) is 50.9. The number of aliphatic hydroxyl groups is 2. The van der Waals surface area contributed by atoms with E-state index in [-0.39, 0.29) is 25.5 Å². The van der Waals surface area contributed by atoms with E-state index in [9.17, 15) is 19.4 Å². The Labute approximate surface area is 324 Å². The van der Waals surface area contributed by atoms with Crippen LogP contribution < -0.4 is 10.2 Å². The van der Waals surface area contributed by atoms with Crippen LogP contribution in [0.5, 0.6) is 0 Å². The average Bonchev–Trinajstić information content (AvgIpc) is 3.10. The number of phosphoric acid groups is 1. The summed E-state index contributed by atoms with van der Waals surface area (Å²) < 4.78 is 23.1. The number of carbonyl (C=O) groups excluding carboxylic acids is 1. The van der Waals surface area contributed by atoms with Gasteiger partial charge in [-0.3, -0.25) is 9.36 Å². The first-order chi connectivity index (χ1) is 25.5. The molecule has 10 heteroatoms. The van der Waals surface area contributed by atoms with Gasteiger partial charge in [0.05, 0.1) is 39.9 Å². The minimum Gasteiger partial charge on any atom is -0.756 e. The van der Waals surface area contributed by atoms with Crippen LogP contribution in [-0.4, -0.2) is 80.3 Å². The molecule has 53 heavy (non-hydrogen) atoms. The van der Waals surface area contributed by atoms with E-state index in [2.05, 4.69) is 73.0 Å². The minimum atomic E-state index is -4.61. The summed E-state index contributed by atoms with van der Waals surface area (Å²) >= 11 is 0. The van der Waals surface area contributed by atoms with Gasteiger partial charge in [0.25, 0.3) is 7.82 Å². The second-order valence-corrected chi connectivity index (χ2v) is 16.1. The summed E-state index contributed by atoms with van der Waals surface area (Å²) in [5.74, 6) is -0.268. The molecule has 0 aromatic heterocycles. The molecule has 9 nitrogen and oxygen atoms in total. The maximum absolute atomic E-state index is 12.8. The third-order valence-corrected chi connectivity index (χ3v) is 9.38. The average molecular weight is 765 g/mol. The van der Waals surface area contributed by atoms with E-state index in [1.54, 1.807) is 6.08 Å². The number of allylic oxidation sites excluding steroid dienone is 11. The van der Waals surface area contributed by atoms with Gasteiger partial charge in [-0.15, -0.1) is 0 Å². The fourth-order valence-corrected chi connectivity index (χ4v) is 5.85. The summed E-state index contributed by atoms with van der Waals surface area (Å²) in [6.07, 6.45) is 43.9. The van der Waals surface area contributed by atoms with Crippen molar-refractivity contribution >= 4 is 13.7 Å². The highest BCUT2D eigenvalue weighted by atomic mass is 31.2. The van der Waals surface area contributed by atoms with Crippen molar-refractivity contribution in [3.8, 4) is 0 Å². The van der Waals surface area contributed by atoms with Crippen molar-refractivity contribution < 1.29 is 38.0 Å². The van der Waals surface area contributed by atoms with E-state index in [0.29, 0.717) is 17.4 Å². The van der Waals surface area contributed by atoms with Crippen LogP contribution in [0, 0.1) is 0 Å². The number of amides is 1. The molecular weight excluding hydrogens is 687 g/mol. The van der Waals surface area contributed by atoms with Crippen LogP contribution in [0.3, 0.4) is 0 Å². The number of hydrogen-bond acceptors (Lipinski definition) is 7. The second-order valence-electron chi connectivity index (χ2n) is 14.7. The Hall–Kier alpha value is -2.10. The molecule has 0 aromatic rings. The first-order valence-corrected chi connectivity index (χ1v) is 21.9. The van der Waals surface area contributed by atoms with E-state index in [0.717, 1.165) is 83.5 Å². The lowest BCUT2D eigenvalue weighted by Gasteiger charge is -2.29. The largest absolute Gasteiger partial charge is 0.756 e. The first-order valence-electron chi connectivity index (χ1n) is 20.4. The molecule has 0 spiro atoms. The molecule has 306 valence electrons. The number of likely N-dealkylation sites (N-methyl/N-ethyl adjacent to an activating group) is 1. The molecule has 0 saturated carbocycles. The lowest BCUT2D eigenvalue weighted by Crippen LogP contribution is -2.45. The molecule has 1 amide bonds. The Morgan fingerprint density at radius 2 is 1.17 bits per heavy atom. The predicted molar refractivity (Wildman–Crippen MR) is 220 cm³/mol. The van der Waals surface area contributed by atoms with Crippen LogP contribution in [-0.2, 0) is 18.4 Å². The van der Waals surface area contributed by atoms with E-state index in [1.807, 2.05) is 27.2 Å². The van der Waals surface area contributed by atoms with Crippen LogP contribution in [0.2, 0.25) is 0 Å². The normalized spacial score (nSPS) is 15.2. The zero-order chi connectivity index (χ0) is 39.3. The van der Waals surface area contributed by atoms with Crippen molar-refractivity contribution in [3.63, 3.8) is 0 Å². The van der Waals surface area contributed by atoms with Crippen molar-refractivity contribution in [1.29, 1.82) is 0 Å². The molecule has 0 aliphatic carbocycles. The zero-order valence-corrected chi connectivity index (χ0v) is 34.8. The maximum atomic E-state index is 12.8. The molecule has 0 radical (unpaired) electrons. The molecule has 0 bridgehead atoms. The van der Waals surface area contributed by atoms with E-state index in [1.165, 1.54) is 32.1 Å². The summed E-state index contributed by atoms with van der Waals surface area (Å²) in [6, 6.07) is -0.928. The summed E-state index contributed by atoms with van der Waals surface area (Å²) in [6.45, 7) is 2.51. The van der Waals surface area contributed by atoms with E-state index >= 15 is 0 Å². The summed E-state index contributed by atoms with van der Waals surface area (Å²) in [4.78, 5) is 25.2. The van der Waals surface area contributed by atoms with Gasteiger partial charge in [-0.25, -0.2) is 0 Å².